The zero-order chi connectivity index (χ0) is 20.1. The molecule has 0 aliphatic heterocycles. The van der Waals surface area contributed by atoms with E-state index in [-0.39, 0.29) is 0 Å². The average Bonchev–Trinajstić information content (AvgIpc) is 2.54. The zero-order valence-electron chi connectivity index (χ0n) is 16.7. The lowest BCUT2D eigenvalue weighted by atomic mass is 9.79. The fraction of sp³-hybridized carbons (Fsp3) is 0.364. The maximum atomic E-state index is 11.7. The van der Waals surface area contributed by atoms with Gasteiger partial charge in [-0.15, -0.1) is 0 Å². The molecule has 0 saturated carbocycles. The van der Waals surface area contributed by atoms with Crippen molar-refractivity contribution in [3.8, 4) is 11.1 Å². The van der Waals surface area contributed by atoms with Crippen LogP contribution in [0.25, 0.3) is 11.1 Å². The Morgan fingerprint density at radius 2 is 0.654 bits per heavy atom. The third-order valence-corrected chi connectivity index (χ3v) is 5.93. The molecule has 2 N–H and O–H groups in total. The minimum atomic E-state index is -0.917. The minimum Gasteiger partial charge on any atom is -0.478 e. The van der Waals surface area contributed by atoms with Gasteiger partial charge in [0.1, 0.15) is 0 Å². The average molecular weight is 354 g/mol. The summed E-state index contributed by atoms with van der Waals surface area (Å²) in [6.45, 7) is 15.1. The molecule has 0 aliphatic carbocycles. The van der Waals surface area contributed by atoms with Crippen LogP contribution in [0.15, 0.2) is 0 Å². The first-order valence-corrected chi connectivity index (χ1v) is 8.61. The Kier molecular flexibility index (Phi) is 5.00. The number of aromatic carboxylic acids is 2. The lowest BCUT2D eigenvalue weighted by molar-refractivity contribution is 0.0684. The second kappa shape index (κ2) is 6.60. The lowest BCUT2D eigenvalue weighted by Gasteiger charge is -2.24. The number of hydrogen-bond acceptors (Lipinski definition) is 2. The molecule has 4 nitrogen and oxygen atoms in total. The van der Waals surface area contributed by atoms with Crippen LogP contribution in [0.2, 0.25) is 0 Å². The van der Waals surface area contributed by atoms with Crippen molar-refractivity contribution in [2.24, 2.45) is 0 Å². The summed E-state index contributed by atoms with van der Waals surface area (Å²) < 4.78 is 0. The van der Waals surface area contributed by atoms with E-state index in [1.165, 1.54) is 0 Å². The van der Waals surface area contributed by atoms with E-state index >= 15 is 0 Å². The predicted octanol–water partition coefficient (Wildman–Crippen LogP) is 5.22. The van der Waals surface area contributed by atoms with Crippen LogP contribution in [0.1, 0.15) is 65.2 Å². The topological polar surface area (TPSA) is 74.6 Å². The minimum absolute atomic E-state index is 0.356. The Bertz CT molecular complexity index is 828. The first-order valence-electron chi connectivity index (χ1n) is 8.61. The molecule has 0 heterocycles. The highest BCUT2D eigenvalue weighted by Gasteiger charge is 2.25. The van der Waals surface area contributed by atoms with Crippen LogP contribution in [-0.2, 0) is 0 Å². The standard InChI is InChI=1S/C22H26O4/c1-9-13(5)19(21(23)24)14(6)10(2)17(9)18-11(3)15(7)20(22(25)26)16(8)12(18)4/h1-8H3,(H,23,24)(H,25,26). The monoisotopic (exact) mass is 354 g/mol. The van der Waals surface area contributed by atoms with E-state index in [9.17, 15) is 19.8 Å². The Hall–Kier alpha value is -2.62. The molecule has 0 atom stereocenters. The van der Waals surface area contributed by atoms with Crippen molar-refractivity contribution in [1.82, 2.24) is 0 Å². The summed E-state index contributed by atoms with van der Waals surface area (Å²) in [5, 5.41) is 19.2. The molecule has 0 radical (unpaired) electrons. The molecule has 0 amide bonds. The molecule has 0 aromatic heterocycles. The molecule has 2 aromatic rings. The van der Waals surface area contributed by atoms with Gasteiger partial charge in [-0.1, -0.05) is 0 Å². The number of hydrogen-bond donors (Lipinski definition) is 2. The van der Waals surface area contributed by atoms with Gasteiger partial charge >= 0.3 is 11.9 Å². The molecule has 0 fully saturated rings. The van der Waals surface area contributed by atoms with Crippen molar-refractivity contribution in [2.45, 2.75) is 55.4 Å². The van der Waals surface area contributed by atoms with Crippen LogP contribution in [0.4, 0.5) is 0 Å². The van der Waals surface area contributed by atoms with Gasteiger partial charge in [0.2, 0.25) is 0 Å². The van der Waals surface area contributed by atoms with Crippen molar-refractivity contribution in [1.29, 1.82) is 0 Å². The number of benzene rings is 2. The molecule has 2 aromatic carbocycles. The van der Waals surface area contributed by atoms with Gasteiger partial charge in [-0.3, -0.25) is 0 Å². The molecule has 0 bridgehead atoms. The van der Waals surface area contributed by atoms with Gasteiger partial charge in [-0.2, -0.15) is 0 Å². The van der Waals surface area contributed by atoms with E-state index in [2.05, 4.69) is 0 Å². The summed E-state index contributed by atoms with van der Waals surface area (Å²) in [4.78, 5) is 23.4. The molecule has 0 saturated heterocycles. The van der Waals surface area contributed by atoms with Gasteiger partial charge in [0.15, 0.2) is 0 Å². The van der Waals surface area contributed by atoms with Crippen LogP contribution in [0, 0.1) is 55.4 Å². The highest BCUT2D eigenvalue weighted by molar-refractivity contribution is 5.97. The van der Waals surface area contributed by atoms with Crippen molar-refractivity contribution < 1.29 is 19.8 Å². The van der Waals surface area contributed by atoms with Crippen LogP contribution < -0.4 is 0 Å². The highest BCUT2D eigenvalue weighted by Crippen LogP contribution is 2.40. The Morgan fingerprint density at radius 3 is 0.808 bits per heavy atom. The maximum absolute atomic E-state index is 11.7. The third kappa shape index (κ3) is 2.70. The largest absolute Gasteiger partial charge is 0.478 e. The summed E-state index contributed by atoms with van der Waals surface area (Å²) >= 11 is 0. The van der Waals surface area contributed by atoms with Crippen LogP contribution >= 0.6 is 0 Å². The fourth-order valence-electron chi connectivity index (χ4n) is 4.02. The van der Waals surface area contributed by atoms with E-state index in [1.54, 1.807) is 0 Å². The predicted molar refractivity (Wildman–Crippen MR) is 104 cm³/mol. The molecular weight excluding hydrogens is 328 g/mol. The Labute approximate surface area is 154 Å². The van der Waals surface area contributed by atoms with E-state index in [1.807, 2.05) is 55.4 Å². The molecule has 138 valence electrons. The summed E-state index contributed by atoms with van der Waals surface area (Å²) in [7, 11) is 0. The van der Waals surface area contributed by atoms with Gasteiger partial charge < -0.3 is 10.2 Å². The first kappa shape index (κ1) is 19.7. The van der Waals surface area contributed by atoms with Gasteiger partial charge in [-0.05, 0) is 111 Å². The van der Waals surface area contributed by atoms with Gasteiger partial charge in [-0.25, -0.2) is 9.59 Å². The molecule has 4 heteroatoms. The SMILES string of the molecule is Cc1c(C)c(-c2c(C)c(C)c(C(=O)O)c(C)c2C)c(C)c(C)c1C(=O)O. The molecular formula is C22H26O4. The Morgan fingerprint density at radius 1 is 0.462 bits per heavy atom. The smallest absolute Gasteiger partial charge is 0.336 e. The zero-order valence-corrected chi connectivity index (χ0v) is 16.7. The second-order valence-electron chi connectivity index (χ2n) is 7.11. The van der Waals surface area contributed by atoms with Gasteiger partial charge in [0.25, 0.3) is 0 Å². The fourth-order valence-corrected chi connectivity index (χ4v) is 4.02. The van der Waals surface area contributed by atoms with Crippen LogP contribution in [-0.4, -0.2) is 22.2 Å². The summed E-state index contributed by atoms with van der Waals surface area (Å²) in [5.41, 5.74) is 9.49. The van der Waals surface area contributed by atoms with E-state index in [0.717, 1.165) is 55.6 Å². The quantitative estimate of drug-likeness (QED) is 0.792. The molecule has 0 spiro atoms. The summed E-state index contributed by atoms with van der Waals surface area (Å²) in [6.07, 6.45) is 0. The molecule has 0 aliphatic rings. The summed E-state index contributed by atoms with van der Waals surface area (Å²) in [6, 6.07) is 0. The van der Waals surface area contributed by atoms with Crippen molar-refractivity contribution in [3.63, 3.8) is 0 Å². The number of rotatable bonds is 3. The van der Waals surface area contributed by atoms with Crippen LogP contribution in [0.5, 0.6) is 0 Å². The van der Waals surface area contributed by atoms with E-state index in [4.69, 9.17) is 0 Å². The first-order chi connectivity index (χ1) is 11.9. The van der Waals surface area contributed by atoms with Crippen molar-refractivity contribution >= 4 is 11.9 Å². The van der Waals surface area contributed by atoms with Crippen molar-refractivity contribution in [3.05, 3.63) is 55.6 Å². The van der Waals surface area contributed by atoms with E-state index in [0.29, 0.717) is 11.1 Å². The van der Waals surface area contributed by atoms with E-state index < -0.39 is 11.9 Å². The number of carboxylic acids is 2. The highest BCUT2D eigenvalue weighted by atomic mass is 16.4. The number of carboxylic acid groups (broad SMARTS) is 2. The van der Waals surface area contributed by atoms with Crippen molar-refractivity contribution in [2.75, 3.05) is 0 Å². The van der Waals surface area contributed by atoms with Gasteiger partial charge in [0.05, 0.1) is 11.1 Å². The maximum Gasteiger partial charge on any atom is 0.336 e. The Balaban J connectivity index is 3.05. The molecule has 26 heavy (non-hydrogen) atoms. The normalized spacial score (nSPS) is 10.9. The van der Waals surface area contributed by atoms with Crippen LogP contribution in [0.3, 0.4) is 0 Å². The third-order valence-electron chi connectivity index (χ3n) is 5.93. The second-order valence-corrected chi connectivity index (χ2v) is 7.11. The number of carbonyl (C=O) groups is 2. The molecule has 0 unspecified atom stereocenters. The molecule has 2 rings (SSSR count). The van der Waals surface area contributed by atoms with Gasteiger partial charge in [0, 0.05) is 0 Å². The summed E-state index contributed by atoms with van der Waals surface area (Å²) in [5.74, 6) is -1.83. The lowest BCUT2D eigenvalue weighted by Crippen LogP contribution is -2.12.